The summed E-state index contributed by atoms with van der Waals surface area (Å²) >= 11 is 0. The van der Waals surface area contributed by atoms with E-state index in [-0.39, 0.29) is 23.8 Å². The third-order valence-electron chi connectivity index (χ3n) is 2.15. The Morgan fingerprint density at radius 2 is 1.75 bits per heavy atom. The van der Waals surface area contributed by atoms with Crippen LogP contribution in [0, 0.1) is 6.92 Å². The Kier molecular flexibility index (Phi) is 5.22. The smallest absolute Gasteiger partial charge is 0.318 e. The van der Waals surface area contributed by atoms with E-state index in [2.05, 4.69) is 9.54 Å². The van der Waals surface area contributed by atoms with Crippen molar-refractivity contribution in [1.29, 1.82) is 0 Å². The molecule has 1 aromatic rings. The van der Waals surface area contributed by atoms with Crippen LogP contribution in [0.5, 0.6) is 0 Å². The van der Waals surface area contributed by atoms with E-state index in [9.17, 15) is 16.8 Å². The Hall–Kier alpha value is -1.49. The largest absolute Gasteiger partial charge is 0.386 e. The van der Waals surface area contributed by atoms with Gasteiger partial charge in [-0.25, -0.2) is 5.14 Å². The van der Waals surface area contributed by atoms with Gasteiger partial charge in [-0.2, -0.15) is 16.8 Å². The molecule has 0 fully saturated rings. The summed E-state index contributed by atoms with van der Waals surface area (Å²) in [6.07, 6.45) is -0.179. The van der Waals surface area contributed by atoms with Crippen molar-refractivity contribution in [3.63, 3.8) is 0 Å². The monoisotopic (exact) mass is 321 g/mol. The topological polar surface area (TPSA) is 142 Å². The van der Waals surface area contributed by atoms with Crippen LogP contribution in [-0.2, 0) is 24.5 Å². The maximum atomic E-state index is 11.8. The van der Waals surface area contributed by atoms with Gasteiger partial charge in [-0.05, 0) is 19.1 Å². The Morgan fingerprint density at radius 3 is 2.25 bits per heavy atom. The first-order valence-corrected chi connectivity index (χ1v) is 8.34. The summed E-state index contributed by atoms with van der Waals surface area (Å²) in [5.41, 5.74) is 6.17. The highest BCUT2D eigenvalue weighted by Crippen LogP contribution is 2.13. The lowest BCUT2D eigenvalue weighted by molar-refractivity contribution is 0.328. The highest BCUT2D eigenvalue weighted by molar-refractivity contribution is 7.88. The van der Waals surface area contributed by atoms with Crippen LogP contribution in [0.25, 0.3) is 0 Å². The van der Waals surface area contributed by atoms with Crippen LogP contribution < -0.4 is 10.9 Å². The molecule has 4 N–H and O–H groups in total. The summed E-state index contributed by atoms with van der Waals surface area (Å²) in [7, 11) is -8.00. The molecule has 1 rings (SSSR count). The second kappa shape index (κ2) is 6.31. The maximum absolute atomic E-state index is 11.8. The molecule has 0 heterocycles. The second-order valence-electron chi connectivity index (χ2n) is 3.94. The van der Waals surface area contributed by atoms with Crippen LogP contribution in [0.4, 0.5) is 0 Å². The fraction of sp³-hybridized carbons (Fsp3) is 0.300. The van der Waals surface area contributed by atoms with Gasteiger partial charge in [0.05, 0.1) is 11.5 Å². The summed E-state index contributed by atoms with van der Waals surface area (Å²) in [6, 6.07) is 6.08. The van der Waals surface area contributed by atoms with Crippen LogP contribution in [0.3, 0.4) is 0 Å². The molecule has 0 atom stereocenters. The highest BCUT2D eigenvalue weighted by Gasteiger charge is 2.15. The van der Waals surface area contributed by atoms with E-state index in [0.717, 1.165) is 5.56 Å². The zero-order valence-electron chi connectivity index (χ0n) is 10.7. The molecule has 0 aliphatic carbocycles. The van der Waals surface area contributed by atoms with Crippen molar-refractivity contribution in [3.8, 4) is 0 Å². The van der Waals surface area contributed by atoms with Crippen molar-refractivity contribution in [3.05, 3.63) is 29.8 Å². The highest BCUT2D eigenvalue weighted by atomic mass is 32.2. The van der Waals surface area contributed by atoms with Gasteiger partial charge in [0.2, 0.25) is 0 Å². The van der Waals surface area contributed by atoms with E-state index < -0.39 is 20.3 Å². The zero-order chi connectivity index (χ0) is 15.4. The summed E-state index contributed by atoms with van der Waals surface area (Å²) in [5, 5.41) is 4.64. The molecule has 0 saturated carbocycles. The van der Waals surface area contributed by atoms with Crippen LogP contribution in [0.2, 0.25) is 0 Å². The Labute approximate surface area is 117 Å². The Balaban J connectivity index is 2.66. The predicted molar refractivity (Wildman–Crippen MR) is 73.7 cm³/mol. The third-order valence-corrected chi connectivity index (χ3v) is 3.97. The second-order valence-corrected chi connectivity index (χ2v) is 6.76. The van der Waals surface area contributed by atoms with Gasteiger partial charge < -0.3 is 5.73 Å². The van der Waals surface area contributed by atoms with E-state index >= 15 is 0 Å². The molecular weight excluding hydrogens is 306 g/mol. The molecule has 112 valence electrons. The van der Waals surface area contributed by atoms with E-state index in [1.807, 2.05) is 6.92 Å². The van der Waals surface area contributed by atoms with Gasteiger partial charge in [0.15, 0.2) is 0 Å². The summed E-state index contributed by atoms with van der Waals surface area (Å²) < 4.78 is 52.4. The lowest BCUT2D eigenvalue weighted by Crippen LogP contribution is -2.21. The number of amidine groups is 1. The van der Waals surface area contributed by atoms with Gasteiger partial charge in [-0.15, -0.1) is 4.40 Å². The van der Waals surface area contributed by atoms with Gasteiger partial charge in [0, 0.05) is 6.42 Å². The minimum absolute atomic E-state index is 0.00468. The molecule has 0 aliphatic rings. The Morgan fingerprint density at radius 1 is 1.20 bits per heavy atom. The minimum atomic E-state index is -4.09. The molecular formula is C10H15N3O5S2. The fourth-order valence-corrected chi connectivity index (χ4v) is 2.56. The lowest BCUT2D eigenvalue weighted by atomic mass is 10.2. The van der Waals surface area contributed by atoms with Crippen LogP contribution in [0.15, 0.2) is 33.6 Å². The zero-order valence-corrected chi connectivity index (χ0v) is 12.3. The van der Waals surface area contributed by atoms with E-state index in [0.29, 0.717) is 0 Å². The number of rotatable bonds is 6. The first kappa shape index (κ1) is 16.6. The van der Waals surface area contributed by atoms with Crippen LogP contribution in [-0.4, -0.2) is 29.3 Å². The first-order chi connectivity index (χ1) is 9.10. The molecule has 0 amide bonds. The summed E-state index contributed by atoms with van der Waals surface area (Å²) in [4.78, 5) is 0.00468. The number of hydrogen-bond donors (Lipinski definition) is 2. The van der Waals surface area contributed by atoms with Gasteiger partial charge in [-0.1, -0.05) is 17.7 Å². The van der Waals surface area contributed by atoms with E-state index in [1.54, 1.807) is 12.1 Å². The number of aryl methyl sites for hydroxylation is 1. The average molecular weight is 321 g/mol. The van der Waals surface area contributed by atoms with Crippen molar-refractivity contribution in [1.82, 2.24) is 0 Å². The fourth-order valence-electron chi connectivity index (χ4n) is 1.24. The maximum Gasteiger partial charge on any atom is 0.318 e. The molecule has 0 spiro atoms. The van der Waals surface area contributed by atoms with Gasteiger partial charge in [0.25, 0.3) is 10.1 Å². The van der Waals surface area contributed by atoms with Crippen molar-refractivity contribution in [2.45, 2.75) is 18.2 Å². The van der Waals surface area contributed by atoms with Crippen LogP contribution in [0.1, 0.15) is 12.0 Å². The molecule has 1 aromatic carbocycles. The standard InChI is InChI=1S/C10H15N3O5S2/c1-8-2-4-9(5-3-8)19(14,15)18-7-6-10(11)13-20(12,16)17/h2-5H,6-7H2,1H3,(H2,11,13)(H2,12,16,17). The van der Waals surface area contributed by atoms with Crippen molar-refractivity contribution >= 4 is 26.2 Å². The molecule has 0 aliphatic heterocycles. The van der Waals surface area contributed by atoms with Gasteiger partial charge in [-0.3, -0.25) is 4.18 Å². The van der Waals surface area contributed by atoms with Crippen LogP contribution >= 0.6 is 0 Å². The molecule has 0 radical (unpaired) electrons. The molecule has 20 heavy (non-hydrogen) atoms. The number of nitrogens with zero attached hydrogens (tertiary/aromatic N) is 1. The van der Waals surface area contributed by atoms with Crippen molar-refractivity contribution in [2.75, 3.05) is 6.61 Å². The predicted octanol–water partition coefficient (Wildman–Crippen LogP) is -0.349. The summed E-state index contributed by atoms with van der Waals surface area (Å²) in [6.45, 7) is 1.49. The minimum Gasteiger partial charge on any atom is -0.386 e. The van der Waals surface area contributed by atoms with Gasteiger partial charge >= 0.3 is 10.2 Å². The third kappa shape index (κ3) is 5.65. The molecule has 0 aromatic heterocycles. The van der Waals surface area contributed by atoms with Crippen molar-refractivity contribution in [2.24, 2.45) is 15.3 Å². The van der Waals surface area contributed by atoms with Crippen molar-refractivity contribution < 1.29 is 21.0 Å². The number of hydrogen-bond acceptors (Lipinski definition) is 5. The lowest BCUT2D eigenvalue weighted by Gasteiger charge is -2.05. The molecule has 0 unspecified atom stereocenters. The number of nitrogens with two attached hydrogens (primary N) is 2. The Bertz CT molecular complexity index is 693. The molecule has 0 saturated heterocycles. The normalized spacial score (nSPS) is 13.4. The van der Waals surface area contributed by atoms with E-state index in [4.69, 9.17) is 9.92 Å². The molecule has 0 bridgehead atoms. The van der Waals surface area contributed by atoms with Gasteiger partial charge in [0.1, 0.15) is 5.84 Å². The summed E-state index contributed by atoms with van der Waals surface area (Å²) in [5.74, 6) is -0.327. The number of benzene rings is 1. The quantitative estimate of drug-likeness (QED) is 0.416. The SMILES string of the molecule is Cc1ccc(S(=O)(=O)OCC/C(N)=N/S(N)(=O)=O)cc1. The first-order valence-electron chi connectivity index (χ1n) is 5.43. The molecule has 10 heteroatoms. The van der Waals surface area contributed by atoms with E-state index in [1.165, 1.54) is 12.1 Å². The average Bonchev–Trinajstić information content (AvgIpc) is 2.26. The molecule has 8 nitrogen and oxygen atoms in total.